The minimum Gasteiger partial charge on any atom is -0.456 e. The number of ether oxygens (including phenoxy) is 2. The quantitative estimate of drug-likeness (QED) is 0.693. The van der Waals surface area contributed by atoms with E-state index in [0.717, 1.165) is 11.1 Å². The van der Waals surface area contributed by atoms with Gasteiger partial charge in [-0.1, -0.05) is 48.5 Å². The van der Waals surface area contributed by atoms with Crippen molar-refractivity contribution in [1.82, 2.24) is 5.32 Å². The van der Waals surface area contributed by atoms with E-state index in [0.29, 0.717) is 5.69 Å². The standard InChI is InChI=1S/C22H26N2O5/c1-22(2,3)29-21(27)23-14-13-20(26)28-15-19(25)24-18-12-8-7-11-17(18)16-9-5-4-6-10-16/h4-12H,13-15H2,1-3H3,(H,23,27)(H,24,25). The van der Waals surface area contributed by atoms with Gasteiger partial charge < -0.3 is 20.1 Å². The van der Waals surface area contributed by atoms with Crippen molar-refractivity contribution in [2.75, 3.05) is 18.5 Å². The molecule has 0 aliphatic carbocycles. The second kappa shape index (κ2) is 10.3. The number of anilines is 1. The first-order valence-corrected chi connectivity index (χ1v) is 9.31. The zero-order valence-electron chi connectivity index (χ0n) is 16.9. The number of nitrogens with one attached hydrogen (secondary N) is 2. The Hall–Kier alpha value is -3.35. The second-order valence-corrected chi connectivity index (χ2v) is 7.30. The predicted octanol–water partition coefficient (Wildman–Crippen LogP) is 3.75. The van der Waals surface area contributed by atoms with Crippen molar-refractivity contribution in [2.24, 2.45) is 0 Å². The van der Waals surface area contributed by atoms with Gasteiger partial charge in [0.05, 0.1) is 6.42 Å². The van der Waals surface area contributed by atoms with E-state index in [9.17, 15) is 14.4 Å². The summed E-state index contributed by atoms with van der Waals surface area (Å²) in [6, 6.07) is 17.0. The van der Waals surface area contributed by atoms with E-state index in [1.165, 1.54) is 0 Å². The first kappa shape index (κ1) is 21.9. The molecule has 0 spiro atoms. The molecule has 2 amide bonds. The molecule has 7 nitrogen and oxygen atoms in total. The normalized spacial score (nSPS) is 10.7. The lowest BCUT2D eigenvalue weighted by atomic mass is 10.0. The van der Waals surface area contributed by atoms with Gasteiger partial charge in [-0.3, -0.25) is 9.59 Å². The molecule has 0 atom stereocenters. The molecular weight excluding hydrogens is 372 g/mol. The molecule has 2 aromatic rings. The molecule has 0 unspecified atom stereocenters. The monoisotopic (exact) mass is 398 g/mol. The first-order chi connectivity index (χ1) is 13.7. The molecule has 2 N–H and O–H groups in total. The first-order valence-electron chi connectivity index (χ1n) is 9.31. The minimum atomic E-state index is -0.612. The molecule has 0 aliphatic heterocycles. The van der Waals surface area contributed by atoms with Crippen molar-refractivity contribution in [3.8, 4) is 11.1 Å². The number of para-hydroxylation sites is 1. The van der Waals surface area contributed by atoms with Crippen LogP contribution in [0.15, 0.2) is 54.6 Å². The van der Waals surface area contributed by atoms with E-state index >= 15 is 0 Å². The van der Waals surface area contributed by atoms with Crippen LogP contribution in [0.1, 0.15) is 27.2 Å². The number of amides is 2. The summed E-state index contributed by atoms with van der Waals surface area (Å²) in [5, 5.41) is 5.22. The molecule has 29 heavy (non-hydrogen) atoms. The number of esters is 1. The Balaban J connectivity index is 1.78. The summed E-state index contributed by atoms with van der Waals surface area (Å²) in [6.07, 6.45) is -0.673. The lowest BCUT2D eigenvalue weighted by Crippen LogP contribution is -2.34. The fourth-order valence-corrected chi connectivity index (χ4v) is 2.45. The largest absolute Gasteiger partial charge is 0.456 e. The van der Waals surface area contributed by atoms with Gasteiger partial charge >= 0.3 is 12.1 Å². The summed E-state index contributed by atoms with van der Waals surface area (Å²) in [6.45, 7) is 4.89. The van der Waals surface area contributed by atoms with Crippen LogP contribution in [0.2, 0.25) is 0 Å². The van der Waals surface area contributed by atoms with Gasteiger partial charge in [0.15, 0.2) is 6.61 Å². The van der Waals surface area contributed by atoms with Crippen molar-refractivity contribution >= 4 is 23.7 Å². The van der Waals surface area contributed by atoms with E-state index in [1.807, 2.05) is 48.5 Å². The van der Waals surface area contributed by atoms with Gasteiger partial charge in [0.1, 0.15) is 5.60 Å². The minimum absolute atomic E-state index is 0.0617. The summed E-state index contributed by atoms with van der Waals surface area (Å²) >= 11 is 0. The molecule has 0 saturated carbocycles. The highest BCUT2D eigenvalue weighted by atomic mass is 16.6. The highest BCUT2D eigenvalue weighted by Gasteiger charge is 2.16. The van der Waals surface area contributed by atoms with Gasteiger partial charge in [0, 0.05) is 17.8 Å². The molecule has 0 bridgehead atoms. The van der Waals surface area contributed by atoms with Gasteiger partial charge in [-0.05, 0) is 32.4 Å². The SMILES string of the molecule is CC(C)(C)OC(=O)NCCC(=O)OCC(=O)Nc1ccccc1-c1ccccc1. The van der Waals surface area contributed by atoms with Crippen LogP contribution >= 0.6 is 0 Å². The molecule has 154 valence electrons. The zero-order chi connectivity index (χ0) is 21.3. The Morgan fingerprint density at radius 3 is 2.28 bits per heavy atom. The van der Waals surface area contributed by atoms with E-state index in [-0.39, 0.29) is 13.0 Å². The van der Waals surface area contributed by atoms with E-state index in [2.05, 4.69) is 10.6 Å². The van der Waals surface area contributed by atoms with Crippen LogP contribution in [0.5, 0.6) is 0 Å². The summed E-state index contributed by atoms with van der Waals surface area (Å²) in [4.78, 5) is 35.4. The highest BCUT2D eigenvalue weighted by molar-refractivity contribution is 5.96. The molecule has 2 rings (SSSR count). The number of carbonyl (C=O) groups excluding carboxylic acids is 3. The van der Waals surface area contributed by atoms with E-state index in [4.69, 9.17) is 9.47 Å². The summed E-state index contributed by atoms with van der Waals surface area (Å²) < 4.78 is 10.0. The topological polar surface area (TPSA) is 93.7 Å². The molecule has 0 fully saturated rings. The van der Waals surface area contributed by atoms with Crippen LogP contribution in [-0.2, 0) is 19.1 Å². The third kappa shape index (κ3) is 8.04. The maximum absolute atomic E-state index is 12.2. The maximum Gasteiger partial charge on any atom is 0.407 e. The van der Waals surface area contributed by atoms with Gasteiger partial charge in [-0.15, -0.1) is 0 Å². The van der Waals surface area contributed by atoms with Crippen LogP contribution in [0.4, 0.5) is 10.5 Å². The van der Waals surface area contributed by atoms with E-state index in [1.54, 1.807) is 26.8 Å². The zero-order valence-corrected chi connectivity index (χ0v) is 16.9. The Kier molecular flexibility index (Phi) is 7.77. The Morgan fingerprint density at radius 2 is 1.59 bits per heavy atom. The molecule has 7 heteroatoms. The second-order valence-electron chi connectivity index (χ2n) is 7.30. The van der Waals surface area contributed by atoms with Gasteiger partial charge in [-0.25, -0.2) is 4.79 Å². The lowest BCUT2D eigenvalue weighted by Gasteiger charge is -2.19. The van der Waals surface area contributed by atoms with Crippen LogP contribution in [-0.4, -0.2) is 36.7 Å². The van der Waals surface area contributed by atoms with Crippen molar-refractivity contribution in [2.45, 2.75) is 32.8 Å². The Morgan fingerprint density at radius 1 is 0.931 bits per heavy atom. The Labute approximate surface area is 170 Å². The van der Waals surface area contributed by atoms with E-state index < -0.39 is 30.2 Å². The summed E-state index contributed by atoms with van der Waals surface area (Å²) in [7, 11) is 0. The molecule has 2 aromatic carbocycles. The molecule has 0 aliphatic rings. The summed E-state index contributed by atoms with van der Waals surface area (Å²) in [5.74, 6) is -1.03. The van der Waals surface area contributed by atoms with Crippen molar-refractivity contribution < 1.29 is 23.9 Å². The molecule has 0 radical (unpaired) electrons. The van der Waals surface area contributed by atoms with Crippen LogP contribution in [0.25, 0.3) is 11.1 Å². The van der Waals surface area contributed by atoms with Gasteiger partial charge in [0.25, 0.3) is 5.91 Å². The number of benzene rings is 2. The predicted molar refractivity (Wildman–Crippen MR) is 110 cm³/mol. The third-order valence-electron chi connectivity index (χ3n) is 3.65. The smallest absolute Gasteiger partial charge is 0.407 e. The van der Waals surface area contributed by atoms with Gasteiger partial charge in [0.2, 0.25) is 0 Å². The molecule has 0 aromatic heterocycles. The third-order valence-corrected chi connectivity index (χ3v) is 3.65. The van der Waals surface area contributed by atoms with Crippen molar-refractivity contribution in [3.63, 3.8) is 0 Å². The van der Waals surface area contributed by atoms with Crippen LogP contribution < -0.4 is 10.6 Å². The van der Waals surface area contributed by atoms with Crippen molar-refractivity contribution in [1.29, 1.82) is 0 Å². The van der Waals surface area contributed by atoms with Crippen LogP contribution in [0.3, 0.4) is 0 Å². The lowest BCUT2D eigenvalue weighted by molar-refractivity contribution is -0.147. The maximum atomic E-state index is 12.2. The fraction of sp³-hybridized carbons (Fsp3) is 0.318. The molecule has 0 heterocycles. The van der Waals surface area contributed by atoms with Crippen molar-refractivity contribution in [3.05, 3.63) is 54.6 Å². The fourth-order valence-electron chi connectivity index (χ4n) is 2.45. The average molecular weight is 398 g/mol. The number of carbonyl (C=O) groups is 3. The number of alkyl carbamates (subject to hydrolysis) is 1. The van der Waals surface area contributed by atoms with Gasteiger partial charge in [-0.2, -0.15) is 0 Å². The summed E-state index contributed by atoms with van der Waals surface area (Å²) in [5.41, 5.74) is 1.85. The number of hydrogen-bond donors (Lipinski definition) is 2. The highest BCUT2D eigenvalue weighted by Crippen LogP contribution is 2.27. The van der Waals surface area contributed by atoms with Crippen LogP contribution in [0, 0.1) is 0 Å². The molecular formula is C22H26N2O5. The number of hydrogen-bond acceptors (Lipinski definition) is 5. The molecule has 0 saturated heterocycles. The Bertz CT molecular complexity index is 844. The average Bonchev–Trinajstić information content (AvgIpc) is 2.66. The number of rotatable bonds is 7.